The van der Waals surface area contributed by atoms with Crippen molar-refractivity contribution in [3.63, 3.8) is 0 Å². The van der Waals surface area contributed by atoms with Crippen LogP contribution in [0.3, 0.4) is 0 Å². The third kappa shape index (κ3) is 11.7. The van der Waals surface area contributed by atoms with Crippen molar-refractivity contribution in [3.8, 4) is 0 Å². The van der Waals surface area contributed by atoms with E-state index in [1.165, 1.54) is 25.7 Å². The van der Waals surface area contributed by atoms with Crippen molar-refractivity contribution in [2.45, 2.75) is 85.5 Å². The normalized spacial score (nSPS) is 11.8. The van der Waals surface area contributed by atoms with Gasteiger partial charge in [-0.3, -0.25) is 4.79 Å². The monoisotopic (exact) mass is 226 g/mol. The minimum Gasteiger partial charge on any atom is -0.300 e. The SMILES string of the molecule is CCCCCCCC(=O)CCCC(C)(C)C. The van der Waals surface area contributed by atoms with Crippen molar-refractivity contribution in [1.82, 2.24) is 0 Å². The fourth-order valence-corrected chi connectivity index (χ4v) is 1.87. The molecule has 0 atom stereocenters. The second-order valence-electron chi connectivity index (χ2n) is 6.12. The molecule has 0 amide bonds. The quantitative estimate of drug-likeness (QED) is 0.498. The number of carbonyl (C=O) groups is 1. The van der Waals surface area contributed by atoms with Crippen LogP contribution in [-0.2, 0) is 4.79 Å². The molecule has 0 aromatic rings. The van der Waals surface area contributed by atoms with Gasteiger partial charge in [0.15, 0.2) is 0 Å². The van der Waals surface area contributed by atoms with Crippen LogP contribution in [0.1, 0.15) is 85.5 Å². The lowest BCUT2D eigenvalue weighted by atomic mass is 9.89. The lowest BCUT2D eigenvalue weighted by molar-refractivity contribution is -0.119. The summed E-state index contributed by atoms with van der Waals surface area (Å²) in [6.07, 6.45) is 10.1. The summed E-state index contributed by atoms with van der Waals surface area (Å²) < 4.78 is 0. The van der Waals surface area contributed by atoms with Crippen molar-refractivity contribution in [2.75, 3.05) is 0 Å². The van der Waals surface area contributed by atoms with Crippen molar-refractivity contribution >= 4 is 5.78 Å². The molecule has 0 aliphatic carbocycles. The Labute approximate surface area is 102 Å². The second kappa shape index (κ2) is 8.78. The Balaban J connectivity index is 3.32. The highest BCUT2D eigenvalue weighted by Gasteiger charge is 2.10. The van der Waals surface area contributed by atoms with Gasteiger partial charge in [-0.25, -0.2) is 0 Å². The molecule has 16 heavy (non-hydrogen) atoms. The summed E-state index contributed by atoms with van der Waals surface area (Å²) in [7, 11) is 0. The van der Waals surface area contributed by atoms with Crippen LogP contribution in [-0.4, -0.2) is 5.78 Å². The average molecular weight is 226 g/mol. The van der Waals surface area contributed by atoms with Crippen molar-refractivity contribution in [3.05, 3.63) is 0 Å². The maximum atomic E-state index is 11.6. The van der Waals surface area contributed by atoms with Gasteiger partial charge in [0.2, 0.25) is 0 Å². The Bertz CT molecular complexity index is 176. The van der Waals surface area contributed by atoms with E-state index in [1.807, 2.05) is 0 Å². The smallest absolute Gasteiger partial charge is 0.132 e. The maximum Gasteiger partial charge on any atom is 0.132 e. The zero-order valence-corrected chi connectivity index (χ0v) is 11.8. The van der Waals surface area contributed by atoms with Gasteiger partial charge in [0.1, 0.15) is 5.78 Å². The number of ketones is 1. The molecule has 0 bridgehead atoms. The van der Waals surface area contributed by atoms with E-state index in [-0.39, 0.29) is 0 Å². The minimum absolute atomic E-state index is 0.376. The lowest BCUT2D eigenvalue weighted by Gasteiger charge is -2.17. The van der Waals surface area contributed by atoms with E-state index >= 15 is 0 Å². The number of Topliss-reactive ketones (excluding diaryl/α,β-unsaturated/α-hetero) is 1. The van der Waals surface area contributed by atoms with E-state index in [4.69, 9.17) is 0 Å². The number of hydrogen-bond acceptors (Lipinski definition) is 1. The predicted octanol–water partition coefficient (Wildman–Crippen LogP) is 5.13. The van der Waals surface area contributed by atoms with Gasteiger partial charge in [0.05, 0.1) is 0 Å². The first kappa shape index (κ1) is 15.7. The molecule has 0 unspecified atom stereocenters. The lowest BCUT2D eigenvalue weighted by Crippen LogP contribution is -2.06. The molecule has 1 nitrogen and oxygen atoms in total. The summed E-state index contributed by atoms with van der Waals surface area (Å²) >= 11 is 0. The molecule has 0 saturated heterocycles. The molecule has 96 valence electrons. The topological polar surface area (TPSA) is 17.1 Å². The average Bonchev–Trinajstić information content (AvgIpc) is 2.15. The van der Waals surface area contributed by atoms with Gasteiger partial charge in [0.25, 0.3) is 0 Å². The fourth-order valence-electron chi connectivity index (χ4n) is 1.87. The molecular formula is C15H30O. The van der Waals surface area contributed by atoms with Gasteiger partial charge >= 0.3 is 0 Å². The van der Waals surface area contributed by atoms with E-state index in [2.05, 4.69) is 27.7 Å². The van der Waals surface area contributed by atoms with Crippen LogP contribution in [0, 0.1) is 5.41 Å². The van der Waals surface area contributed by atoms with E-state index in [1.54, 1.807) is 0 Å². The molecule has 0 aliphatic rings. The van der Waals surface area contributed by atoms with Crippen molar-refractivity contribution in [2.24, 2.45) is 5.41 Å². The molecule has 0 rings (SSSR count). The Kier molecular flexibility index (Phi) is 8.60. The van der Waals surface area contributed by atoms with E-state index in [0.29, 0.717) is 11.2 Å². The van der Waals surface area contributed by atoms with Crippen molar-refractivity contribution < 1.29 is 4.79 Å². The van der Waals surface area contributed by atoms with Crippen LogP contribution < -0.4 is 0 Å². The molecule has 0 heterocycles. The van der Waals surface area contributed by atoms with Crippen LogP contribution in [0.5, 0.6) is 0 Å². The Morgan fingerprint density at radius 2 is 1.44 bits per heavy atom. The van der Waals surface area contributed by atoms with Crippen LogP contribution >= 0.6 is 0 Å². The molecule has 0 N–H and O–H groups in total. The first-order chi connectivity index (χ1) is 7.45. The Morgan fingerprint density at radius 1 is 0.875 bits per heavy atom. The Hall–Kier alpha value is -0.330. The molecule has 0 aromatic heterocycles. The standard InChI is InChI=1S/C15H30O/c1-5-6-7-8-9-11-14(16)12-10-13-15(2,3)4/h5-13H2,1-4H3. The highest BCUT2D eigenvalue weighted by Crippen LogP contribution is 2.21. The van der Waals surface area contributed by atoms with E-state index < -0.39 is 0 Å². The summed E-state index contributed by atoms with van der Waals surface area (Å²) in [6.45, 7) is 8.93. The van der Waals surface area contributed by atoms with Gasteiger partial charge in [-0.1, -0.05) is 53.4 Å². The van der Waals surface area contributed by atoms with Gasteiger partial charge in [-0.15, -0.1) is 0 Å². The van der Waals surface area contributed by atoms with Crippen LogP contribution in [0.15, 0.2) is 0 Å². The van der Waals surface area contributed by atoms with Gasteiger partial charge in [-0.2, -0.15) is 0 Å². The minimum atomic E-state index is 0.376. The molecule has 0 spiro atoms. The van der Waals surface area contributed by atoms with E-state index in [0.717, 1.165) is 32.1 Å². The third-order valence-corrected chi connectivity index (χ3v) is 2.94. The zero-order valence-electron chi connectivity index (χ0n) is 11.8. The van der Waals surface area contributed by atoms with E-state index in [9.17, 15) is 4.79 Å². The summed E-state index contributed by atoms with van der Waals surface area (Å²) in [6, 6.07) is 0. The van der Waals surface area contributed by atoms with Crippen LogP contribution in [0.25, 0.3) is 0 Å². The largest absolute Gasteiger partial charge is 0.300 e. The Morgan fingerprint density at radius 3 is 2.00 bits per heavy atom. The highest BCUT2D eigenvalue weighted by atomic mass is 16.1. The van der Waals surface area contributed by atoms with Gasteiger partial charge in [0, 0.05) is 12.8 Å². The number of carbonyl (C=O) groups excluding carboxylic acids is 1. The predicted molar refractivity (Wildman–Crippen MR) is 71.7 cm³/mol. The molecular weight excluding hydrogens is 196 g/mol. The first-order valence-electron chi connectivity index (χ1n) is 6.97. The van der Waals surface area contributed by atoms with Crippen LogP contribution in [0.2, 0.25) is 0 Å². The number of hydrogen-bond donors (Lipinski definition) is 0. The molecule has 0 radical (unpaired) electrons. The molecule has 0 aliphatic heterocycles. The summed E-state index contributed by atoms with van der Waals surface area (Å²) in [5, 5.41) is 0. The number of unbranched alkanes of at least 4 members (excludes halogenated alkanes) is 4. The van der Waals surface area contributed by atoms with Gasteiger partial charge < -0.3 is 0 Å². The second-order valence-corrected chi connectivity index (χ2v) is 6.12. The molecule has 0 saturated carbocycles. The summed E-state index contributed by atoms with van der Waals surface area (Å²) in [5.74, 6) is 0.473. The van der Waals surface area contributed by atoms with Crippen LogP contribution in [0.4, 0.5) is 0 Å². The summed E-state index contributed by atoms with van der Waals surface area (Å²) in [4.78, 5) is 11.6. The first-order valence-corrected chi connectivity index (χ1v) is 6.97. The van der Waals surface area contributed by atoms with Gasteiger partial charge in [-0.05, 0) is 24.7 Å². The summed E-state index contributed by atoms with van der Waals surface area (Å²) in [5.41, 5.74) is 0.376. The zero-order chi connectivity index (χ0) is 12.4. The highest BCUT2D eigenvalue weighted by molar-refractivity contribution is 5.78. The molecule has 1 heteroatoms. The molecule has 0 aromatic carbocycles. The molecule has 0 fully saturated rings. The fraction of sp³-hybridized carbons (Fsp3) is 0.933. The van der Waals surface area contributed by atoms with Crippen molar-refractivity contribution in [1.29, 1.82) is 0 Å². The maximum absolute atomic E-state index is 11.6. The number of rotatable bonds is 9. The third-order valence-electron chi connectivity index (χ3n) is 2.94.